The highest BCUT2D eigenvalue weighted by molar-refractivity contribution is 7.16. The molecule has 1 N–H and O–H groups in total. The summed E-state index contributed by atoms with van der Waals surface area (Å²) < 4.78 is 41.4. The van der Waals surface area contributed by atoms with Crippen LogP contribution in [0.3, 0.4) is 0 Å². The lowest BCUT2D eigenvalue weighted by atomic mass is 10.1. The van der Waals surface area contributed by atoms with Gasteiger partial charge in [0.05, 0.1) is 12.3 Å². The molecule has 0 radical (unpaired) electrons. The first-order valence-corrected chi connectivity index (χ1v) is 9.71. The van der Waals surface area contributed by atoms with Crippen molar-refractivity contribution >= 4 is 27.9 Å². The van der Waals surface area contributed by atoms with E-state index < -0.39 is 24.0 Å². The Labute approximate surface area is 168 Å². The zero-order chi connectivity index (χ0) is 20.9. The van der Waals surface area contributed by atoms with Crippen molar-refractivity contribution in [1.82, 2.24) is 19.7 Å². The van der Waals surface area contributed by atoms with E-state index >= 15 is 0 Å². The molecule has 10 heteroatoms. The van der Waals surface area contributed by atoms with Crippen LogP contribution in [0.2, 0.25) is 0 Å². The van der Waals surface area contributed by atoms with Gasteiger partial charge < -0.3 is 5.32 Å². The van der Waals surface area contributed by atoms with Crippen LogP contribution >= 0.6 is 11.3 Å². The van der Waals surface area contributed by atoms with E-state index in [1.54, 1.807) is 23.5 Å². The fraction of sp³-hybridized carbons (Fsp3) is 0.368. The van der Waals surface area contributed by atoms with Crippen LogP contribution in [-0.4, -0.2) is 32.5 Å². The standard InChI is InChI=1S/C19H16F3N5OS/c1-9-6-13(12-7-14(23-3)29-10(12)2)25-17-15(24-8-27(9)17)18(28)26-16(11-4-5-11)19(20,21)22/h6-8,11,16H,4-5H2,1-2H3,(H,26,28). The van der Waals surface area contributed by atoms with Crippen LogP contribution < -0.4 is 5.32 Å². The normalized spacial score (nSPS) is 15.3. The second kappa shape index (κ2) is 6.84. The van der Waals surface area contributed by atoms with Crippen LogP contribution in [0, 0.1) is 26.3 Å². The molecule has 0 spiro atoms. The zero-order valence-corrected chi connectivity index (χ0v) is 16.4. The Balaban J connectivity index is 1.74. The van der Waals surface area contributed by atoms with Crippen LogP contribution in [0.25, 0.3) is 21.7 Å². The number of imidazole rings is 1. The maximum Gasteiger partial charge on any atom is 0.408 e. The molecule has 0 saturated heterocycles. The first-order chi connectivity index (χ1) is 13.7. The lowest BCUT2D eigenvalue weighted by Crippen LogP contribution is -2.47. The highest BCUT2D eigenvalue weighted by Gasteiger charge is 2.50. The predicted octanol–water partition coefficient (Wildman–Crippen LogP) is 4.70. The zero-order valence-electron chi connectivity index (χ0n) is 15.5. The number of carbonyl (C=O) groups excluding carboxylic acids is 1. The molecule has 1 atom stereocenters. The second-order valence-corrected chi connectivity index (χ2v) is 8.30. The molecule has 3 heterocycles. The number of aromatic nitrogens is 3. The molecule has 6 nitrogen and oxygen atoms in total. The Kier molecular flexibility index (Phi) is 4.58. The van der Waals surface area contributed by atoms with E-state index in [1.807, 2.05) is 6.92 Å². The van der Waals surface area contributed by atoms with Crippen LogP contribution in [0.1, 0.15) is 33.9 Å². The number of alkyl halides is 3. The van der Waals surface area contributed by atoms with Crippen molar-refractivity contribution in [1.29, 1.82) is 0 Å². The topological polar surface area (TPSA) is 63.7 Å². The molecule has 3 aromatic heterocycles. The summed E-state index contributed by atoms with van der Waals surface area (Å²) in [6, 6.07) is 1.63. The fourth-order valence-corrected chi connectivity index (χ4v) is 4.11. The fourth-order valence-electron chi connectivity index (χ4n) is 3.30. The third kappa shape index (κ3) is 3.58. The Bertz CT molecular complexity index is 1150. The molecule has 1 aliphatic rings. The van der Waals surface area contributed by atoms with Gasteiger partial charge in [-0.2, -0.15) is 24.5 Å². The lowest BCUT2D eigenvalue weighted by Gasteiger charge is -2.20. The van der Waals surface area contributed by atoms with Crippen molar-refractivity contribution in [2.24, 2.45) is 5.92 Å². The Morgan fingerprint density at radius 2 is 2.10 bits per heavy atom. The van der Waals surface area contributed by atoms with Gasteiger partial charge in [-0.1, -0.05) is 0 Å². The molecular weight excluding hydrogens is 403 g/mol. The van der Waals surface area contributed by atoms with E-state index in [1.165, 1.54) is 17.7 Å². The summed E-state index contributed by atoms with van der Waals surface area (Å²) >= 11 is 1.33. The number of carbonyl (C=O) groups is 1. The number of fused-ring (bicyclic) bond motifs is 1. The van der Waals surface area contributed by atoms with Gasteiger partial charge in [0.25, 0.3) is 5.91 Å². The molecule has 1 amide bonds. The number of rotatable bonds is 4. The van der Waals surface area contributed by atoms with Gasteiger partial charge in [-0.15, -0.1) is 0 Å². The first kappa shape index (κ1) is 19.4. The van der Waals surface area contributed by atoms with Crippen molar-refractivity contribution in [3.63, 3.8) is 0 Å². The summed E-state index contributed by atoms with van der Waals surface area (Å²) in [5.41, 5.74) is 2.06. The maximum atomic E-state index is 13.3. The average molecular weight is 419 g/mol. The first-order valence-electron chi connectivity index (χ1n) is 8.89. The highest BCUT2D eigenvalue weighted by atomic mass is 32.1. The second-order valence-electron chi connectivity index (χ2n) is 7.07. The molecule has 1 aliphatic carbocycles. The van der Waals surface area contributed by atoms with Crippen LogP contribution in [0.4, 0.5) is 18.2 Å². The van der Waals surface area contributed by atoms with E-state index in [4.69, 9.17) is 6.57 Å². The number of hydrogen-bond acceptors (Lipinski definition) is 4. The lowest BCUT2D eigenvalue weighted by molar-refractivity contribution is -0.158. The van der Waals surface area contributed by atoms with Gasteiger partial charge in [-0.25, -0.2) is 14.8 Å². The number of nitrogens with one attached hydrogen (secondary N) is 1. The van der Waals surface area contributed by atoms with Crippen molar-refractivity contribution < 1.29 is 18.0 Å². The van der Waals surface area contributed by atoms with Crippen LogP contribution in [0.5, 0.6) is 0 Å². The van der Waals surface area contributed by atoms with Crippen molar-refractivity contribution in [2.45, 2.75) is 38.9 Å². The van der Waals surface area contributed by atoms with Gasteiger partial charge in [0.15, 0.2) is 11.3 Å². The smallest absolute Gasteiger partial charge is 0.339 e. The molecule has 0 aliphatic heterocycles. The van der Waals surface area contributed by atoms with Crippen LogP contribution in [-0.2, 0) is 0 Å². The summed E-state index contributed by atoms with van der Waals surface area (Å²) in [4.78, 5) is 25.5. The molecular formula is C19H16F3N5OS. The van der Waals surface area contributed by atoms with E-state index in [2.05, 4.69) is 20.1 Å². The number of thiophene rings is 1. The third-order valence-electron chi connectivity index (χ3n) is 4.93. The van der Waals surface area contributed by atoms with Gasteiger partial charge in [-0.05, 0) is 49.6 Å². The molecule has 1 saturated carbocycles. The number of amides is 1. The molecule has 3 aromatic rings. The molecule has 0 aromatic carbocycles. The minimum absolute atomic E-state index is 0.150. The van der Waals surface area contributed by atoms with Gasteiger partial charge >= 0.3 is 6.18 Å². The van der Waals surface area contributed by atoms with Gasteiger partial charge in [-0.3, -0.25) is 9.20 Å². The van der Waals surface area contributed by atoms with Crippen molar-refractivity contribution in [3.05, 3.63) is 46.1 Å². The van der Waals surface area contributed by atoms with E-state index in [0.717, 1.165) is 16.1 Å². The number of hydrogen-bond donors (Lipinski definition) is 1. The maximum absolute atomic E-state index is 13.3. The predicted molar refractivity (Wildman–Crippen MR) is 102 cm³/mol. The van der Waals surface area contributed by atoms with Gasteiger partial charge in [0, 0.05) is 11.3 Å². The highest BCUT2D eigenvalue weighted by Crippen LogP contribution is 2.40. The number of aryl methyl sites for hydroxylation is 2. The average Bonchev–Trinajstić information content (AvgIpc) is 3.27. The van der Waals surface area contributed by atoms with E-state index in [0.29, 0.717) is 23.5 Å². The largest absolute Gasteiger partial charge is 0.408 e. The Morgan fingerprint density at radius 1 is 1.38 bits per heavy atom. The molecule has 0 bridgehead atoms. The summed E-state index contributed by atoms with van der Waals surface area (Å²) in [5, 5.41) is 2.61. The minimum Gasteiger partial charge on any atom is -0.339 e. The summed E-state index contributed by atoms with van der Waals surface area (Å²) in [5.74, 6) is -1.48. The third-order valence-corrected chi connectivity index (χ3v) is 5.88. The van der Waals surface area contributed by atoms with Gasteiger partial charge in [0.1, 0.15) is 12.4 Å². The van der Waals surface area contributed by atoms with Crippen LogP contribution in [0.15, 0.2) is 18.5 Å². The SMILES string of the molecule is [C-]#[N+]c1cc(-c2cc(C)n3cnc(C(=O)NC(C4CC4)C(F)(F)F)c3n2)c(C)s1. The molecule has 4 rings (SSSR count). The summed E-state index contributed by atoms with van der Waals surface area (Å²) in [6.07, 6.45) is -2.25. The molecule has 29 heavy (non-hydrogen) atoms. The molecule has 1 fully saturated rings. The number of halogens is 3. The van der Waals surface area contributed by atoms with Crippen molar-refractivity contribution in [2.75, 3.05) is 0 Å². The van der Waals surface area contributed by atoms with E-state index in [9.17, 15) is 18.0 Å². The monoisotopic (exact) mass is 419 g/mol. The quantitative estimate of drug-likeness (QED) is 0.624. The van der Waals surface area contributed by atoms with E-state index in [-0.39, 0.29) is 11.3 Å². The van der Waals surface area contributed by atoms with Crippen molar-refractivity contribution in [3.8, 4) is 11.3 Å². The summed E-state index contributed by atoms with van der Waals surface area (Å²) in [6.45, 7) is 10.8. The minimum atomic E-state index is -4.51. The molecule has 1 unspecified atom stereocenters. The summed E-state index contributed by atoms with van der Waals surface area (Å²) in [7, 11) is 0. The number of nitrogens with zero attached hydrogens (tertiary/aromatic N) is 4. The Morgan fingerprint density at radius 3 is 2.69 bits per heavy atom. The van der Waals surface area contributed by atoms with Gasteiger partial charge in [0.2, 0.25) is 5.00 Å². The Hall–Kier alpha value is -2.93. The molecule has 150 valence electrons.